The van der Waals surface area contributed by atoms with Gasteiger partial charge in [0.15, 0.2) is 0 Å². The lowest BCUT2D eigenvalue weighted by Gasteiger charge is -2.14. The summed E-state index contributed by atoms with van der Waals surface area (Å²) in [6.45, 7) is 0. The maximum Gasteiger partial charge on any atom is 0.326 e. The number of hydrogen-bond acceptors (Lipinski definition) is 3. The van der Waals surface area contributed by atoms with E-state index in [4.69, 9.17) is 0 Å². The molecule has 6 heteroatoms. The number of rotatable bonds is 6. The van der Waals surface area contributed by atoms with Crippen LogP contribution in [0.2, 0.25) is 0 Å². The smallest absolute Gasteiger partial charge is 0.326 e. The summed E-state index contributed by atoms with van der Waals surface area (Å²) < 4.78 is 0. The van der Waals surface area contributed by atoms with E-state index in [0.29, 0.717) is 0 Å². The van der Waals surface area contributed by atoms with Crippen molar-refractivity contribution < 1.29 is 14.7 Å². The number of carbonyl (C=O) groups excluding carboxylic acids is 1. The van der Waals surface area contributed by atoms with E-state index >= 15 is 0 Å². The third-order valence-electron chi connectivity index (χ3n) is 3.65. The van der Waals surface area contributed by atoms with Crippen LogP contribution in [0.1, 0.15) is 10.4 Å². The molecule has 118 valence electrons. The minimum atomic E-state index is -1.03. The van der Waals surface area contributed by atoms with Gasteiger partial charge in [0.2, 0.25) is 5.91 Å². The number of hydrogen-bond donors (Lipinski definition) is 3. The molecule has 2 aromatic heterocycles. The van der Waals surface area contributed by atoms with Crippen LogP contribution >= 0.6 is 11.3 Å². The van der Waals surface area contributed by atoms with Crippen LogP contribution < -0.4 is 5.32 Å². The van der Waals surface area contributed by atoms with Crippen molar-refractivity contribution in [2.45, 2.75) is 18.9 Å². The Kier molecular flexibility index (Phi) is 4.43. The first-order chi connectivity index (χ1) is 11.1. The number of nitrogens with one attached hydrogen (secondary N) is 2. The molecular formula is C17H16N2O3S. The molecule has 0 aliphatic carbocycles. The number of carbonyl (C=O) groups is 2. The first kappa shape index (κ1) is 15.3. The van der Waals surface area contributed by atoms with Gasteiger partial charge in [0, 0.05) is 28.4 Å². The number of fused-ring (bicyclic) bond motifs is 1. The van der Waals surface area contributed by atoms with Gasteiger partial charge in [-0.25, -0.2) is 4.79 Å². The van der Waals surface area contributed by atoms with Crippen LogP contribution in [-0.2, 0) is 22.4 Å². The molecule has 1 atom stereocenters. The van der Waals surface area contributed by atoms with E-state index in [1.54, 1.807) is 6.20 Å². The lowest BCUT2D eigenvalue weighted by molar-refractivity contribution is -0.141. The molecule has 0 saturated heterocycles. The highest BCUT2D eigenvalue weighted by atomic mass is 32.1. The zero-order valence-corrected chi connectivity index (χ0v) is 13.1. The summed E-state index contributed by atoms with van der Waals surface area (Å²) in [6, 6.07) is 10.5. The number of carboxylic acids is 1. The summed E-state index contributed by atoms with van der Waals surface area (Å²) in [5.41, 5.74) is 1.83. The second-order valence-electron chi connectivity index (χ2n) is 5.28. The van der Waals surface area contributed by atoms with Crippen LogP contribution in [0.4, 0.5) is 0 Å². The highest BCUT2D eigenvalue weighted by Gasteiger charge is 2.22. The Labute approximate surface area is 137 Å². The van der Waals surface area contributed by atoms with Crippen LogP contribution in [0.25, 0.3) is 10.9 Å². The van der Waals surface area contributed by atoms with Crippen LogP contribution in [0.3, 0.4) is 0 Å². The van der Waals surface area contributed by atoms with Crippen LogP contribution in [0.5, 0.6) is 0 Å². The average Bonchev–Trinajstić information content (AvgIpc) is 3.16. The van der Waals surface area contributed by atoms with Gasteiger partial charge in [-0.2, -0.15) is 0 Å². The molecule has 0 aliphatic rings. The van der Waals surface area contributed by atoms with E-state index in [2.05, 4.69) is 10.3 Å². The zero-order chi connectivity index (χ0) is 16.2. The number of amides is 1. The lowest BCUT2D eigenvalue weighted by Crippen LogP contribution is -2.42. The predicted molar refractivity (Wildman–Crippen MR) is 89.6 cm³/mol. The van der Waals surface area contributed by atoms with Crippen molar-refractivity contribution in [2.75, 3.05) is 0 Å². The first-order valence-corrected chi connectivity index (χ1v) is 8.11. The molecule has 1 amide bonds. The summed E-state index contributed by atoms with van der Waals surface area (Å²) in [5.74, 6) is -1.31. The number of para-hydroxylation sites is 1. The van der Waals surface area contributed by atoms with Crippen molar-refractivity contribution >= 4 is 34.1 Å². The summed E-state index contributed by atoms with van der Waals surface area (Å²) in [6.07, 6.45) is 2.25. The number of aliphatic carboxylic acids is 1. The minimum Gasteiger partial charge on any atom is -0.480 e. The van der Waals surface area contributed by atoms with Crippen LogP contribution in [-0.4, -0.2) is 28.0 Å². The van der Waals surface area contributed by atoms with Gasteiger partial charge in [0.25, 0.3) is 0 Å². The molecule has 0 spiro atoms. The Morgan fingerprint density at radius 1 is 1.22 bits per heavy atom. The Hall–Kier alpha value is -2.60. The molecule has 0 unspecified atom stereocenters. The number of benzene rings is 1. The Morgan fingerprint density at radius 2 is 2.04 bits per heavy atom. The SMILES string of the molecule is O=C(Cc1cccs1)N[C@H](Cc1c[nH]c2ccccc12)C(=O)O. The summed E-state index contributed by atoms with van der Waals surface area (Å²) in [5, 5.41) is 14.9. The van der Waals surface area contributed by atoms with Gasteiger partial charge < -0.3 is 15.4 Å². The molecule has 23 heavy (non-hydrogen) atoms. The van der Waals surface area contributed by atoms with Crippen molar-refractivity contribution in [1.29, 1.82) is 0 Å². The molecule has 5 nitrogen and oxygen atoms in total. The van der Waals surface area contributed by atoms with Crippen LogP contribution in [0.15, 0.2) is 48.0 Å². The predicted octanol–water partition coefficient (Wildman–Crippen LogP) is 2.58. The number of aromatic nitrogens is 1. The van der Waals surface area contributed by atoms with E-state index < -0.39 is 12.0 Å². The molecule has 3 N–H and O–H groups in total. The van der Waals surface area contributed by atoms with Gasteiger partial charge in [0.1, 0.15) is 6.04 Å². The van der Waals surface area contributed by atoms with E-state index in [1.165, 1.54) is 11.3 Å². The Balaban J connectivity index is 1.71. The molecule has 2 heterocycles. The molecule has 1 aromatic carbocycles. The van der Waals surface area contributed by atoms with Gasteiger partial charge >= 0.3 is 5.97 Å². The zero-order valence-electron chi connectivity index (χ0n) is 12.3. The number of thiophene rings is 1. The highest BCUT2D eigenvalue weighted by molar-refractivity contribution is 7.10. The lowest BCUT2D eigenvalue weighted by atomic mass is 10.0. The van der Waals surface area contributed by atoms with Crippen molar-refractivity contribution in [2.24, 2.45) is 0 Å². The average molecular weight is 328 g/mol. The molecule has 3 rings (SSSR count). The third kappa shape index (κ3) is 3.60. The second kappa shape index (κ2) is 6.66. The van der Waals surface area contributed by atoms with Gasteiger partial charge in [-0.15, -0.1) is 11.3 Å². The van der Waals surface area contributed by atoms with E-state index in [1.807, 2.05) is 41.8 Å². The molecule has 0 saturated carbocycles. The van der Waals surface area contributed by atoms with Crippen molar-refractivity contribution in [3.8, 4) is 0 Å². The van der Waals surface area contributed by atoms with Crippen molar-refractivity contribution in [3.05, 3.63) is 58.4 Å². The van der Waals surface area contributed by atoms with Gasteiger partial charge in [-0.1, -0.05) is 24.3 Å². The molecule has 3 aromatic rings. The van der Waals surface area contributed by atoms with Gasteiger partial charge in [-0.3, -0.25) is 4.79 Å². The third-order valence-corrected chi connectivity index (χ3v) is 4.52. The molecule has 0 aliphatic heterocycles. The van der Waals surface area contributed by atoms with E-state index in [-0.39, 0.29) is 18.7 Å². The number of H-pyrrole nitrogens is 1. The number of carboxylic acid groups (broad SMARTS) is 1. The normalized spacial score (nSPS) is 12.2. The molecule has 0 radical (unpaired) electrons. The first-order valence-electron chi connectivity index (χ1n) is 7.23. The Morgan fingerprint density at radius 3 is 2.78 bits per heavy atom. The van der Waals surface area contributed by atoms with Crippen molar-refractivity contribution in [3.63, 3.8) is 0 Å². The van der Waals surface area contributed by atoms with Crippen molar-refractivity contribution in [1.82, 2.24) is 10.3 Å². The van der Waals surface area contributed by atoms with E-state index in [0.717, 1.165) is 21.3 Å². The van der Waals surface area contributed by atoms with Gasteiger partial charge in [0.05, 0.1) is 6.42 Å². The topological polar surface area (TPSA) is 82.2 Å². The molecule has 0 fully saturated rings. The standard InChI is InChI=1S/C17H16N2O3S/c20-16(9-12-4-3-7-23-12)19-15(17(21)22)8-11-10-18-14-6-2-1-5-13(11)14/h1-7,10,15,18H,8-9H2,(H,19,20)(H,21,22)/t15-/m1/s1. The molecule has 0 bridgehead atoms. The van der Waals surface area contributed by atoms with E-state index in [9.17, 15) is 14.7 Å². The van der Waals surface area contributed by atoms with Crippen LogP contribution in [0, 0.1) is 0 Å². The van der Waals surface area contributed by atoms with Gasteiger partial charge in [-0.05, 0) is 23.1 Å². The second-order valence-corrected chi connectivity index (χ2v) is 6.31. The summed E-state index contributed by atoms with van der Waals surface area (Å²) in [4.78, 5) is 27.6. The summed E-state index contributed by atoms with van der Waals surface area (Å²) >= 11 is 1.48. The largest absolute Gasteiger partial charge is 0.480 e. The minimum absolute atomic E-state index is 0.204. The Bertz CT molecular complexity index is 823. The summed E-state index contributed by atoms with van der Waals surface area (Å²) in [7, 11) is 0. The maximum atomic E-state index is 12.0. The molecular weight excluding hydrogens is 312 g/mol. The fourth-order valence-electron chi connectivity index (χ4n) is 2.54. The number of aromatic amines is 1. The highest BCUT2D eigenvalue weighted by Crippen LogP contribution is 2.19. The fourth-order valence-corrected chi connectivity index (χ4v) is 3.24. The maximum absolute atomic E-state index is 12.0. The monoisotopic (exact) mass is 328 g/mol. The quantitative estimate of drug-likeness (QED) is 0.650. The fraction of sp³-hybridized carbons (Fsp3) is 0.176.